The number of carbonyl (C=O) groups excluding carboxylic acids is 1. The SMILES string of the molecule is O=C([O-])Cc1noc(-c2ccc(Cl)cc2)n1. The first-order chi connectivity index (χ1) is 7.65. The van der Waals surface area contributed by atoms with Crippen molar-refractivity contribution in [2.45, 2.75) is 6.42 Å². The van der Waals surface area contributed by atoms with Crippen molar-refractivity contribution in [2.24, 2.45) is 0 Å². The molecule has 0 aliphatic carbocycles. The van der Waals surface area contributed by atoms with Gasteiger partial charge in [-0.15, -0.1) is 0 Å². The average Bonchev–Trinajstić information content (AvgIpc) is 2.66. The number of carbonyl (C=O) groups is 1. The molecule has 0 N–H and O–H groups in total. The van der Waals surface area contributed by atoms with Gasteiger partial charge in [-0.1, -0.05) is 16.8 Å². The standard InChI is InChI=1S/C10H7ClN2O3/c11-7-3-1-6(2-4-7)10-12-8(13-16-10)5-9(14)15/h1-4H,5H2,(H,14,15)/p-1. The normalized spacial score (nSPS) is 10.3. The van der Waals surface area contributed by atoms with Gasteiger partial charge in [0.25, 0.3) is 5.89 Å². The Morgan fingerprint density at radius 1 is 1.38 bits per heavy atom. The summed E-state index contributed by atoms with van der Waals surface area (Å²) in [5, 5.41) is 14.4. The fraction of sp³-hybridized carbons (Fsp3) is 0.100. The minimum Gasteiger partial charge on any atom is -0.550 e. The van der Waals surface area contributed by atoms with Crippen LogP contribution in [-0.4, -0.2) is 16.1 Å². The van der Waals surface area contributed by atoms with Gasteiger partial charge in [0.1, 0.15) is 0 Å². The van der Waals surface area contributed by atoms with Gasteiger partial charge < -0.3 is 14.4 Å². The minimum atomic E-state index is -1.25. The number of halogens is 1. The minimum absolute atomic E-state index is 0.0879. The molecule has 0 saturated heterocycles. The highest BCUT2D eigenvalue weighted by molar-refractivity contribution is 6.30. The number of hydrogen-bond donors (Lipinski definition) is 0. The highest BCUT2D eigenvalue weighted by Gasteiger charge is 2.08. The van der Waals surface area contributed by atoms with Crippen molar-refractivity contribution >= 4 is 17.6 Å². The molecule has 0 radical (unpaired) electrons. The average molecular weight is 238 g/mol. The molecule has 1 aromatic carbocycles. The van der Waals surface area contributed by atoms with Gasteiger partial charge in [-0.2, -0.15) is 4.98 Å². The number of carboxylic acids is 1. The van der Waals surface area contributed by atoms with E-state index < -0.39 is 5.97 Å². The van der Waals surface area contributed by atoms with Crippen molar-refractivity contribution in [1.82, 2.24) is 10.1 Å². The number of carboxylic acid groups (broad SMARTS) is 1. The Morgan fingerprint density at radius 2 is 2.06 bits per heavy atom. The van der Waals surface area contributed by atoms with E-state index in [1.54, 1.807) is 24.3 Å². The monoisotopic (exact) mass is 237 g/mol. The second-order valence-electron chi connectivity index (χ2n) is 3.07. The Balaban J connectivity index is 2.24. The lowest BCUT2D eigenvalue weighted by atomic mass is 10.2. The largest absolute Gasteiger partial charge is 0.550 e. The summed E-state index contributed by atoms with van der Waals surface area (Å²) in [6.07, 6.45) is -0.364. The second kappa shape index (κ2) is 4.32. The number of benzene rings is 1. The topological polar surface area (TPSA) is 79.0 Å². The molecule has 0 unspecified atom stereocenters. The van der Waals surface area contributed by atoms with Gasteiger partial charge in [-0.3, -0.25) is 0 Å². The molecule has 82 valence electrons. The molecule has 1 aromatic heterocycles. The Morgan fingerprint density at radius 3 is 2.69 bits per heavy atom. The molecule has 16 heavy (non-hydrogen) atoms. The maximum absolute atomic E-state index is 10.3. The fourth-order valence-electron chi connectivity index (χ4n) is 1.16. The van der Waals surface area contributed by atoms with Crippen molar-refractivity contribution < 1.29 is 14.4 Å². The van der Waals surface area contributed by atoms with Crippen LogP contribution in [-0.2, 0) is 11.2 Å². The maximum Gasteiger partial charge on any atom is 0.257 e. The summed E-state index contributed by atoms with van der Waals surface area (Å²) in [5.41, 5.74) is 0.682. The summed E-state index contributed by atoms with van der Waals surface area (Å²) < 4.78 is 4.90. The van der Waals surface area contributed by atoms with E-state index in [1.165, 1.54) is 0 Å². The molecule has 1 heterocycles. The molecule has 5 nitrogen and oxygen atoms in total. The van der Waals surface area contributed by atoms with Crippen molar-refractivity contribution in [1.29, 1.82) is 0 Å². The zero-order valence-electron chi connectivity index (χ0n) is 8.01. The summed E-state index contributed by atoms with van der Waals surface area (Å²) >= 11 is 5.72. The number of hydrogen-bond acceptors (Lipinski definition) is 5. The van der Waals surface area contributed by atoms with Crippen LogP contribution in [0.25, 0.3) is 11.5 Å². The summed E-state index contributed by atoms with van der Waals surface area (Å²) in [6, 6.07) is 6.77. The van der Waals surface area contributed by atoms with Crippen LogP contribution in [0.5, 0.6) is 0 Å². The van der Waals surface area contributed by atoms with Crippen LogP contribution >= 0.6 is 11.6 Å². The van der Waals surface area contributed by atoms with E-state index in [2.05, 4.69) is 10.1 Å². The predicted molar refractivity (Wildman–Crippen MR) is 53.5 cm³/mol. The molecule has 0 spiro atoms. The Kier molecular flexibility index (Phi) is 2.87. The van der Waals surface area contributed by atoms with Crippen LogP contribution in [0.3, 0.4) is 0 Å². The zero-order valence-corrected chi connectivity index (χ0v) is 8.77. The molecule has 0 saturated carbocycles. The highest BCUT2D eigenvalue weighted by atomic mass is 35.5. The lowest BCUT2D eigenvalue weighted by Crippen LogP contribution is -2.24. The first-order valence-electron chi connectivity index (χ1n) is 4.43. The molecule has 0 atom stereocenters. The van der Waals surface area contributed by atoms with Crippen LogP contribution in [0.2, 0.25) is 5.02 Å². The van der Waals surface area contributed by atoms with Crippen LogP contribution in [0.4, 0.5) is 0 Å². The van der Waals surface area contributed by atoms with E-state index in [9.17, 15) is 9.90 Å². The number of nitrogens with zero attached hydrogens (tertiary/aromatic N) is 2. The molecule has 0 bridgehead atoms. The second-order valence-corrected chi connectivity index (χ2v) is 3.51. The predicted octanol–water partition coefficient (Wildman–Crippen LogP) is 0.682. The van der Waals surface area contributed by atoms with Crippen LogP contribution in [0, 0.1) is 0 Å². The molecule has 2 aromatic rings. The quantitative estimate of drug-likeness (QED) is 0.784. The van der Waals surface area contributed by atoms with E-state index in [1.807, 2.05) is 0 Å². The Bertz CT molecular complexity index is 507. The van der Waals surface area contributed by atoms with Crippen molar-refractivity contribution in [3.63, 3.8) is 0 Å². The zero-order chi connectivity index (χ0) is 11.5. The summed E-state index contributed by atoms with van der Waals surface area (Å²) in [5.74, 6) is -0.902. The van der Waals surface area contributed by atoms with E-state index in [0.29, 0.717) is 10.6 Å². The van der Waals surface area contributed by atoms with Crippen LogP contribution in [0.15, 0.2) is 28.8 Å². The molecule has 0 aliphatic rings. The van der Waals surface area contributed by atoms with Gasteiger partial charge in [-0.05, 0) is 24.3 Å². The lowest BCUT2D eigenvalue weighted by molar-refractivity contribution is -0.304. The van der Waals surface area contributed by atoms with Gasteiger partial charge in [0.15, 0.2) is 5.82 Å². The summed E-state index contributed by atoms with van der Waals surface area (Å²) in [4.78, 5) is 14.2. The first kappa shape index (κ1) is 10.6. The lowest BCUT2D eigenvalue weighted by Gasteiger charge is -1.94. The maximum atomic E-state index is 10.3. The van der Waals surface area contributed by atoms with E-state index in [4.69, 9.17) is 16.1 Å². The highest BCUT2D eigenvalue weighted by Crippen LogP contribution is 2.19. The van der Waals surface area contributed by atoms with E-state index in [-0.39, 0.29) is 18.1 Å². The van der Waals surface area contributed by atoms with Gasteiger partial charge >= 0.3 is 0 Å². The van der Waals surface area contributed by atoms with Gasteiger partial charge in [0.05, 0.1) is 6.42 Å². The van der Waals surface area contributed by atoms with Crippen molar-refractivity contribution in [2.75, 3.05) is 0 Å². The molecule has 2 rings (SSSR count). The number of aromatic nitrogens is 2. The molecule has 0 fully saturated rings. The fourth-order valence-corrected chi connectivity index (χ4v) is 1.29. The molecular weight excluding hydrogens is 232 g/mol. The smallest absolute Gasteiger partial charge is 0.257 e. The van der Waals surface area contributed by atoms with E-state index in [0.717, 1.165) is 0 Å². The molecule has 6 heteroatoms. The molecular formula is C10H6ClN2O3-. The summed E-state index contributed by atoms with van der Waals surface area (Å²) in [7, 11) is 0. The summed E-state index contributed by atoms with van der Waals surface area (Å²) in [6.45, 7) is 0. The van der Waals surface area contributed by atoms with Crippen LogP contribution < -0.4 is 5.11 Å². The molecule has 0 amide bonds. The van der Waals surface area contributed by atoms with Crippen molar-refractivity contribution in [3.05, 3.63) is 35.1 Å². The van der Waals surface area contributed by atoms with Gasteiger partial charge in [0.2, 0.25) is 0 Å². The van der Waals surface area contributed by atoms with Crippen molar-refractivity contribution in [3.8, 4) is 11.5 Å². The number of aliphatic carboxylic acids is 1. The third kappa shape index (κ3) is 2.38. The Hall–Kier alpha value is -1.88. The Labute approximate surface area is 95.7 Å². The molecule has 0 aliphatic heterocycles. The van der Waals surface area contributed by atoms with Gasteiger partial charge in [0, 0.05) is 16.6 Å². The first-order valence-corrected chi connectivity index (χ1v) is 4.81. The van der Waals surface area contributed by atoms with E-state index >= 15 is 0 Å². The number of rotatable bonds is 3. The van der Waals surface area contributed by atoms with Gasteiger partial charge in [-0.25, -0.2) is 0 Å². The third-order valence-corrected chi connectivity index (χ3v) is 2.11. The third-order valence-electron chi connectivity index (χ3n) is 1.86. The van der Waals surface area contributed by atoms with Crippen LogP contribution in [0.1, 0.15) is 5.82 Å².